The third-order valence-electron chi connectivity index (χ3n) is 6.78. The van der Waals surface area contributed by atoms with Gasteiger partial charge >= 0.3 is 17.9 Å². The lowest BCUT2D eigenvalue weighted by Crippen LogP contribution is -2.52. The lowest BCUT2D eigenvalue weighted by atomic mass is 9.54. The van der Waals surface area contributed by atoms with Crippen molar-refractivity contribution in [2.24, 2.45) is 17.8 Å². The van der Waals surface area contributed by atoms with Crippen LogP contribution in [0.3, 0.4) is 0 Å². The average Bonchev–Trinajstić information content (AvgIpc) is 2.97. The maximum Gasteiger partial charge on any atom is 0.347 e. The first-order valence-electron chi connectivity index (χ1n) is 10.4. The molecule has 1 saturated heterocycles. The molecule has 7 nitrogen and oxygen atoms in total. The summed E-state index contributed by atoms with van der Waals surface area (Å²) in [6.07, 6.45) is 5.63. The molecule has 5 rings (SSSR count). The van der Waals surface area contributed by atoms with Crippen molar-refractivity contribution in [2.75, 3.05) is 0 Å². The van der Waals surface area contributed by atoms with E-state index in [1.165, 1.54) is 26.2 Å². The van der Waals surface area contributed by atoms with E-state index in [2.05, 4.69) is 6.58 Å². The highest BCUT2D eigenvalue weighted by Crippen LogP contribution is 2.57. The Morgan fingerprint density at radius 1 is 1.14 bits per heavy atom. The molecule has 0 aromatic rings. The van der Waals surface area contributed by atoms with E-state index in [1.54, 1.807) is 0 Å². The fourth-order valence-corrected chi connectivity index (χ4v) is 5.93. The number of cyclic esters (lactones) is 1. The maximum absolute atomic E-state index is 12.8. The second-order valence-corrected chi connectivity index (χ2v) is 9.32. The molecule has 4 saturated carbocycles. The van der Waals surface area contributed by atoms with E-state index in [0.717, 1.165) is 25.5 Å². The van der Waals surface area contributed by atoms with Gasteiger partial charge in [0.15, 0.2) is 0 Å². The number of carbonyl (C=O) groups excluding carboxylic acids is 3. The van der Waals surface area contributed by atoms with Crippen molar-refractivity contribution < 1.29 is 33.7 Å². The van der Waals surface area contributed by atoms with Gasteiger partial charge in [-0.2, -0.15) is 0 Å². The quantitative estimate of drug-likeness (QED) is 0.314. The molecule has 1 heterocycles. The van der Waals surface area contributed by atoms with Crippen LogP contribution >= 0.6 is 0 Å². The summed E-state index contributed by atoms with van der Waals surface area (Å²) < 4.78 is 16.3. The zero-order valence-electron chi connectivity index (χ0n) is 16.7. The van der Waals surface area contributed by atoms with Crippen LogP contribution in [0, 0.1) is 17.8 Å². The van der Waals surface area contributed by atoms with Gasteiger partial charge in [-0.3, -0.25) is 0 Å². The van der Waals surface area contributed by atoms with Crippen LogP contribution in [-0.4, -0.2) is 40.8 Å². The third kappa shape index (κ3) is 4.05. The summed E-state index contributed by atoms with van der Waals surface area (Å²) in [5.74, 6) is 0.0384. The van der Waals surface area contributed by atoms with Crippen molar-refractivity contribution in [3.8, 4) is 0 Å². The van der Waals surface area contributed by atoms with E-state index in [1.807, 2.05) is 0 Å². The van der Waals surface area contributed by atoms with Crippen LogP contribution in [0.1, 0.15) is 58.3 Å². The van der Waals surface area contributed by atoms with Crippen molar-refractivity contribution in [2.45, 2.75) is 76.1 Å². The molecule has 29 heavy (non-hydrogen) atoms. The fraction of sp³-hybridized carbons (Fsp3) is 0.682. The van der Waals surface area contributed by atoms with Gasteiger partial charge in [-0.25, -0.2) is 14.4 Å². The monoisotopic (exact) mass is 404 g/mol. The van der Waals surface area contributed by atoms with Crippen molar-refractivity contribution in [1.82, 2.24) is 0 Å². The molecule has 0 radical (unpaired) electrons. The van der Waals surface area contributed by atoms with Crippen LogP contribution in [0.25, 0.3) is 0 Å². The number of ether oxygens (including phenoxy) is 3. The first kappa shape index (κ1) is 20.0. The minimum atomic E-state index is -1.02. The summed E-state index contributed by atoms with van der Waals surface area (Å²) in [6.45, 7) is 4.98. The van der Waals surface area contributed by atoms with Gasteiger partial charge in [0, 0.05) is 18.4 Å². The highest BCUT2D eigenvalue weighted by atomic mass is 16.6. The van der Waals surface area contributed by atoms with Gasteiger partial charge in [0.05, 0.1) is 11.8 Å². The summed E-state index contributed by atoms with van der Waals surface area (Å²) in [4.78, 5) is 36.4. The van der Waals surface area contributed by atoms with Gasteiger partial charge in [-0.15, -0.1) is 0 Å². The molecule has 5 fully saturated rings. The summed E-state index contributed by atoms with van der Waals surface area (Å²) in [5, 5.41) is 9.62. The Labute approximate surface area is 170 Å². The minimum Gasteiger partial charge on any atom is -0.515 e. The maximum atomic E-state index is 12.8. The molecule has 1 aliphatic heterocycles. The van der Waals surface area contributed by atoms with E-state index in [9.17, 15) is 19.5 Å². The Morgan fingerprint density at radius 3 is 2.24 bits per heavy atom. The predicted octanol–water partition coefficient (Wildman–Crippen LogP) is 3.13. The summed E-state index contributed by atoms with van der Waals surface area (Å²) in [5.41, 5.74) is -0.145. The lowest BCUT2D eigenvalue weighted by molar-refractivity contribution is -0.182. The molecule has 5 aliphatic rings. The summed E-state index contributed by atoms with van der Waals surface area (Å²) in [7, 11) is 0. The Bertz CT molecular complexity index is 730. The molecule has 4 aliphatic carbocycles. The van der Waals surface area contributed by atoms with Crippen molar-refractivity contribution in [3.05, 3.63) is 24.0 Å². The number of esters is 3. The molecule has 2 unspecified atom stereocenters. The number of aliphatic hydroxyl groups excluding tert-OH is 1. The molecule has 158 valence electrons. The topological polar surface area (TPSA) is 99.1 Å². The molecule has 0 aromatic heterocycles. The lowest BCUT2D eigenvalue weighted by Gasteiger charge is -2.55. The smallest absolute Gasteiger partial charge is 0.347 e. The largest absolute Gasteiger partial charge is 0.515 e. The number of hydrogen-bond donors (Lipinski definition) is 1. The molecule has 0 aromatic carbocycles. The van der Waals surface area contributed by atoms with Crippen molar-refractivity contribution in [3.63, 3.8) is 0 Å². The summed E-state index contributed by atoms with van der Waals surface area (Å²) >= 11 is 0. The molecule has 1 N–H and O–H groups in total. The molecule has 0 amide bonds. The zero-order chi connectivity index (χ0) is 20.8. The number of aliphatic hydroxyl groups is 1. The molecule has 0 spiro atoms. The van der Waals surface area contributed by atoms with Crippen LogP contribution in [0.15, 0.2) is 24.0 Å². The van der Waals surface area contributed by atoms with Crippen LogP contribution in [0.5, 0.6) is 0 Å². The third-order valence-corrected chi connectivity index (χ3v) is 6.78. The first-order chi connectivity index (χ1) is 13.8. The van der Waals surface area contributed by atoms with E-state index in [4.69, 9.17) is 14.2 Å². The van der Waals surface area contributed by atoms with Crippen molar-refractivity contribution in [1.29, 1.82) is 0 Å². The van der Waals surface area contributed by atoms with Crippen molar-refractivity contribution >= 4 is 17.9 Å². The van der Waals surface area contributed by atoms with E-state index < -0.39 is 35.7 Å². The Kier molecular flexibility index (Phi) is 5.17. The molecular weight excluding hydrogens is 376 g/mol. The summed E-state index contributed by atoms with van der Waals surface area (Å²) in [6, 6.07) is 0. The molecule has 4 bridgehead atoms. The zero-order valence-corrected chi connectivity index (χ0v) is 16.7. The van der Waals surface area contributed by atoms with E-state index in [-0.39, 0.29) is 24.0 Å². The van der Waals surface area contributed by atoms with Crippen LogP contribution in [0.4, 0.5) is 0 Å². The molecular formula is C22H28O7. The number of carbonyl (C=O) groups is 3. The second kappa shape index (κ2) is 7.50. The predicted molar refractivity (Wildman–Crippen MR) is 102 cm³/mol. The number of rotatable bonds is 6. The van der Waals surface area contributed by atoms with Gasteiger partial charge < -0.3 is 19.3 Å². The van der Waals surface area contributed by atoms with Gasteiger partial charge in [-0.1, -0.05) is 6.58 Å². The average molecular weight is 404 g/mol. The Morgan fingerprint density at radius 2 is 1.72 bits per heavy atom. The number of hydrogen-bond acceptors (Lipinski definition) is 7. The van der Waals surface area contributed by atoms with Gasteiger partial charge in [0.2, 0.25) is 6.10 Å². The second-order valence-electron chi connectivity index (χ2n) is 9.32. The molecule has 7 heteroatoms. The minimum absolute atomic E-state index is 0.0224. The van der Waals surface area contributed by atoms with E-state index in [0.29, 0.717) is 17.8 Å². The Balaban J connectivity index is 1.35. The first-order valence-corrected chi connectivity index (χ1v) is 10.4. The van der Waals surface area contributed by atoms with Crippen LogP contribution in [-0.2, 0) is 28.6 Å². The van der Waals surface area contributed by atoms with Gasteiger partial charge in [0.25, 0.3) is 0 Å². The van der Waals surface area contributed by atoms with E-state index >= 15 is 0 Å². The highest BCUT2D eigenvalue weighted by molar-refractivity contribution is 5.90. The van der Waals surface area contributed by atoms with Crippen LogP contribution in [0.2, 0.25) is 0 Å². The van der Waals surface area contributed by atoms with Gasteiger partial charge in [0.1, 0.15) is 11.7 Å². The SMILES string of the molecule is C=C(C)C(=O)OC1CC(CC(=CO)C(=O)OC23CC4CC(CC(C4)C2)C3)OC1=O. The Hall–Kier alpha value is -2.31. The normalized spacial score (nSPS) is 37.9. The standard InChI is InChI=1S/C22H28O7/c1-12(2)19(24)28-18-7-17(27-21(18)26)6-16(11-23)20(25)29-22-8-13-3-14(9-22)5-15(4-13)10-22/h11,13-15,17-18,23H,1,3-10H2,2H3. The fourth-order valence-electron chi connectivity index (χ4n) is 5.93. The van der Waals surface area contributed by atoms with Crippen LogP contribution < -0.4 is 0 Å². The van der Waals surface area contributed by atoms with Gasteiger partial charge in [-0.05, 0) is 63.2 Å². The molecule has 2 atom stereocenters. The highest BCUT2D eigenvalue weighted by Gasteiger charge is 2.53.